The van der Waals surface area contributed by atoms with E-state index in [1.807, 2.05) is 0 Å². The van der Waals surface area contributed by atoms with Gasteiger partial charge in [-0.15, -0.1) is 0 Å². The number of aliphatic hydroxyl groups excluding tert-OH is 3. The highest BCUT2D eigenvalue weighted by Gasteiger charge is 2.44. The fraction of sp³-hybridized carbons (Fsp3) is 0.636. The number of carbonyl (C=O) groups excluding carboxylic acids is 1. The van der Waals surface area contributed by atoms with Crippen molar-refractivity contribution in [3.63, 3.8) is 0 Å². The molecule has 4 atom stereocenters. The summed E-state index contributed by atoms with van der Waals surface area (Å²) in [6.45, 7) is 1.42. The first kappa shape index (κ1) is 15.1. The molecular weight excluding hydrogens is 288 g/mol. The van der Waals surface area contributed by atoms with Crippen molar-refractivity contribution in [1.29, 1.82) is 0 Å². The van der Waals surface area contributed by atoms with E-state index in [2.05, 4.69) is 4.98 Å². The van der Waals surface area contributed by atoms with Gasteiger partial charge in [-0.3, -0.25) is 0 Å². The zero-order chi connectivity index (χ0) is 14.9. The predicted molar refractivity (Wildman–Crippen MR) is 69.2 cm³/mol. The summed E-state index contributed by atoms with van der Waals surface area (Å²) in [7, 11) is 0. The number of nitrogen functional groups attached to an aromatic ring is 1. The molecule has 1 aromatic rings. The summed E-state index contributed by atoms with van der Waals surface area (Å²) in [5.74, 6) is -0.653. The van der Waals surface area contributed by atoms with E-state index in [1.165, 1.54) is 0 Å². The lowest BCUT2D eigenvalue weighted by Crippen LogP contribution is -2.32. The average molecular weight is 304 g/mol. The van der Waals surface area contributed by atoms with Gasteiger partial charge in [0.15, 0.2) is 5.69 Å². The van der Waals surface area contributed by atoms with Gasteiger partial charge in [0.2, 0.25) is 0 Å². The molecule has 0 aromatic carbocycles. The first-order valence-electron chi connectivity index (χ1n) is 6.05. The number of rotatable bonds is 4. The molecule has 1 saturated heterocycles. The van der Waals surface area contributed by atoms with Crippen LogP contribution in [-0.4, -0.2) is 57.8 Å². The van der Waals surface area contributed by atoms with Gasteiger partial charge in [0.1, 0.15) is 34.4 Å². The molecule has 2 rings (SSSR count). The molecule has 20 heavy (non-hydrogen) atoms. The van der Waals surface area contributed by atoms with Crippen LogP contribution in [0.1, 0.15) is 28.5 Å². The van der Waals surface area contributed by atoms with Crippen LogP contribution in [0.25, 0.3) is 0 Å². The van der Waals surface area contributed by atoms with Gasteiger partial charge in [0.25, 0.3) is 0 Å². The number of thiazole rings is 1. The van der Waals surface area contributed by atoms with Crippen LogP contribution < -0.4 is 5.73 Å². The van der Waals surface area contributed by atoms with Crippen LogP contribution in [0.15, 0.2) is 0 Å². The van der Waals surface area contributed by atoms with E-state index < -0.39 is 37.0 Å². The predicted octanol–water partition coefficient (Wildman–Crippen LogP) is -0.944. The zero-order valence-electron chi connectivity index (χ0n) is 10.7. The van der Waals surface area contributed by atoms with Crippen molar-refractivity contribution >= 4 is 22.3 Å². The quantitative estimate of drug-likeness (QED) is 0.523. The third-order valence-corrected chi connectivity index (χ3v) is 3.87. The van der Waals surface area contributed by atoms with Crippen LogP contribution in [0.5, 0.6) is 0 Å². The van der Waals surface area contributed by atoms with Crippen molar-refractivity contribution in [3.8, 4) is 0 Å². The second-order valence-corrected chi connectivity index (χ2v) is 5.31. The van der Waals surface area contributed by atoms with Crippen LogP contribution in [0, 0.1) is 0 Å². The Hall–Kier alpha value is -1.26. The van der Waals surface area contributed by atoms with Gasteiger partial charge >= 0.3 is 5.97 Å². The first-order valence-corrected chi connectivity index (χ1v) is 6.87. The summed E-state index contributed by atoms with van der Waals surface area (Å²) >= 11 is 0.972. The smallest absolute Gasteiger partial charge is 0.360 e. The van der Waals surface area contributed by atoms with Gasteiger partial charge in [0, 0.05) is 0 Å². The highest BCUT2D eigenvalue weighted by atomic mass is 32.1. The van der Waals surface area contributed by atoms with Crippen LogP contribution in [0.4, 0.5) is 5.00 Å². The highest BCUT2D eigenvalue weighted by molar-refractivity contribution is 7.16. The summed E-state index contributed by atoms with van der Waals surface area (Å²) in [4.78, 5) is 15.6. The van der Waals surface area contributed by atoms with E-state index >= 15 is 0 Å². The molecule has 0 amide bonds. The molecule has 1 aliphatic rings. The molecule has 112 valence electrons. The lowest BCUT2D eigenvalue weighted by atomic mass is 10.1. The normalized spacial score (nSPS) is 29.6. The van der Waals surface area contributed by atoms with E-state index in [0.29, 0.717) is 0 Å². The van der Waals surface area contributed by atoms with E-state index in [0.717, 1.165) is 11.3 Å². The maximum atomic E-state index is 11.6. The van der Waals surface area contributed by atoms with Gasteiger partial charge < -0.3 is 30.5 Å². The number of aromatic nitrogens is 1. The van der Waals surface area contributed by atoms with E-state index in [-0.39, 0.29) is 22.3 Å². The Morgan fingerprint density at radius 3 is 2.75 bits per heavy atom. The van der Waals surface area contributed by atoms with E-state index in [9.17, 15) is 15.0 Å². The Balaban J connectivity index is 2.22. The number of nitrogens with two attached hydrogens (primary N) is 1. The number of aliphatic hydroxyl groups is 3. The third kappa shape index (κ3) is 2.63. The van der Waals surface area contributed by atoms with Crippen molar-refractivity contribution in [2.24, 2.45) is 0 Å². The minimum absolute atomic E-state index is 0.0374. The molecular formula is C11H16N2O6S. The minimum Gasteiger partial charge on any atom is -0.461 e. The van der Waals surface area contributed by atoms with Crippen molar-refractivity contribution < 1.29 is 29.6 Å². The molecule has 5 N–H and O–H groups in total. The second-order valence-electron chi connectivity index (χ2n) is 4.24. The maximum Gasteiger partial charge on any atom is 0.360 e. The molecule has 8 nitrogen and oxygen atoms in total. The Bertz CT molecular complexity index is 493. The fourth-order valence-corrected chi connectivity index (χ4v) is 2.82. The minimum atomic E-state index is -1.24. The van der Waals surface area contributed by atoms with Gasteiger partial charge in [-0.05, 0) is 6.92 Å². The number of carbonyl (C=O) groups is 1. The lowest BCUT2D eigenvalue weighted by molar-refractivity contribution is -0.0228. The summed E-state index contributed by atoms with van der Waals surface area (Å²) < 4.78 is 10.1. The standard InChI is InChI=1S/C11H16N2O6S/c1-2-18-11(17)5-9(12)20-10(13-5)8-7(16)6(15)4(3-14)19-8/h4,6-8,14-16H,2-3,12H2,1H3. The third-order valence-electron chi connectivity index (χ3n) is 2.92. The molecule has 1 fully saturated rings. The molecule has 0 bridgehead atoms. The monoisotopic (exact) mass is 304 g/mol. The molecule has 9 heteroatoms. The summed E-state index contributed by atoms with van der Waals surface area (Å²) in [6.07, 6.45) is -4.29. The molecule has 0 aliphatic carbocycles. The van der Waals surface area contributed by atoms with Crippen LogP contribution in [-0.2, 0) is 9.47 Å². The summed E-state index contributed by atoms with van der Waals surface area (Å²) in [6, 6.07) is 0. The molecule has 0 spiro atoms. The molecule has 0 radical (unpaired) electrons. The summed E-state index contributed by atoms with van der Waals surface area (Å²) in [5, 5.41) is 29.0. The van der Waals surface area contributed by atoms with Gasteiger partial charge in [-0.1, -0.05) is 11.3 Å². The maximum absolute atomic E-state index is 11.6. The number of anilines is 1. The number of nitrogens with zero attached hydrogens (tertiary/aromatic N) is 1. The number of hydrogen-bond donors (Lipinski definition) is 4. The highest BCUT2D eigenvalue weighted by Crippen LogP contribution is 2.37. The zero-order valence-corrected chi connectivity index (χ0v) is 11.5. The largest absolute Gasteiger partial charge is 0.461 e. The number of ether oxygens (including phenoxy) is 2. The Labute approximate surface area is 118 Å². The fourth-order valence-electron chi connectivity index (χ4n) is 1.92. The van der Waals surface area contributed by atoms with Crippen molar-refractivity contribution in [2.75, 3.05) is 18.9 Å². The van der Waals surface area contributed by atoms with Crippen molar-refractivity contribution in [3.05, 3.63) is 10.7 Å². The van der Waals surface area contributed by atoms with Crippen molar-refractivity contribution in [2.45, 2.75) is 31.3 Å². The van der Waals surface area contributed by atoms with Crippen molar-refractivity contribution in [1.82, 2.24) is 4.98 Å². The molecule has 0 saturated carbocycles. The molecule has 4 unspecified atom stereocenters. The average Bonchev–Trinajstić information content (AvgIpc) is 2.92. The topological polar surface area (TPSA) is 135 Å². The Kier molecular flexibility index (Phi) is 4.55. The Morgan fingerprint density at radius 2 is 2.20 bits per heavy atom. The van der Waals surface area contributed by atoms with Gasteiger partial charge in [-0.25, -0.2) is 9.78 Å². The van der Waals surface area contributed by atoms with Crippen LogP contribution >= 0.6 is 11.3 Å². The molecule has 1 aliphatic heterocycles. The van der Waals surface area contributed by atoms with E-state index in [4.69, 9.17) is 20.3 Å². The lowest BCUT2D eigenvalue weighted by Gasteiger charge is -2.11. The van der Waals surface area contributed by atoms with Crippen LogP contribution in [0.3, 0.4) is 0 Å². The first-order chi connectivity index (χ1) is 9.49. The van der Waals surface area contributed by atoms with Gasteiger partial charge in [-0.2, -0.15) is 0 Å². The van der Waals surface area contributed by atoms with Crippen LogP contribution in [0.2, 0.25) is 0 Å². The van der Waals surface area contributed by atoms with E-state index in [1.54, 1.807) is 6.92 Å². The molecule has 2 heterocycles. The van der Waals surface area contributed by atoms with Gasteiger partial charge in [0.05, 0.1) is 13.2 Å². The number of esters is 1. The second kappa shape index (κ2) is 6.02. The number of hydrogen-bond acceptors (Lipinski definition) is 9. The Morgan fingerprint density at radius 1 is 1.50 bits per heavy atom. The molecule has 1 aromatic heterocycles. The summed E-state index contributed by atoms with van der Waals surface area (Å²) in [5.41, 5.74) is 5.66. The SMILES string of the molecule is CCOC(=O)c1nc(C2OC(CO)C(O)C2O)sc1N.